The van der Waals surface area contributed by atoms with Gasteiger partial charge in [0.2, 0.25) is 5.91 Å². The van der Waals surface area contributed by atoms with Crippen molar-refractivity contribution in [2.75, 3.05) is 25.9 Å². The number of nitrogen functional groups attached to an aromatic ring is 1. The molecule has 16 heavy (non-hydrogen) atoms. The molecule has 0 saturated carbocycles. The molecule has 0 atom stereocenters. The van der Waals surface area contributed by atoms with Gasteiger partial charge in [0, 0.05) is 25.0 Å². The van der Waals surface area contributed by atoms with E-state index in [0.29, 0.717) is 25.3 Å². The summed E-state index contributed by atoms with van der Waals surface area (Å²) in [5.41, 5.74) is 7.20. The lowest BCUT2D eigenvalue weighted by Gasteiger charge is -2.15. The van der Waals surface area contributed by atoms with Crippen molar-refractivity contribution in [1.82, 2.24) is 15.2 Å². The SMILES string of the molecule is CCNC(=O)CN(C)Cc1cc(N)ccn1. The molecule has 0 radical (unpaired) electrons. The summed E-state index contributed by atoms with van der Waals surface area (Å²) < 4.78 is 0. The quantitative estimate of drug-likeness (QED) is 0.748. The van der Waals surface area contributed by atoms with E-state index >= 15 is 0 Å². The highest BCUT2D eigenvalue weighted by atomic mass is 16.1. The van der Waals surface area contributed by atoms with Crippen molar-refractivity contribution in [2.45, 2.75) is 13.5 Å². The summed E-state index contributed by atoms with van der Waals surface area (Å²) in [5, 5.41) is 2.75. The van der Waals surface area contributed by atoms with E-state index in [0.717, 1.165) is 5.69 Å². The van der Waals surface area contributed by atoms with E-state index in [1.165, 1.54) is 0 Å². The molecule has 1 heterocycles. The molecule has 0 aliphatic rings. The minimum Gasteiger partial charge on any atom is -0.399 e. The van der Waals surface area contributed by atoms with Gasteiger partial charge in [-0.3, -0.25) is 14.7 Å². The number of nitrogens with two attached hydrogens (primary N) is 1. The number of nitrogens with one attached hydrogen (secondary N) is 1. The van der Waals surface area contributed by atoms with Crippen molar-refractivity contribution in [1.29, 1.82) is 0 Å². The number of carbonyl (C=O) groups is 1. The van der Waals surface area contributed by atoms with Crippen molar-refractivity contribution in [3.8, 4) is 0 Å². The molecule has 0 aromatic carbocycles. The Morgan fingerprint density at radius 1 is 1.62 bits per heavy atom. The van der Waals surface area contributed by atoms with E-state index in [9.17, 15) is 4.79 Å². The topological polar surface area (TPSA) is 71.2 Å². The Morgan fingerprint density at radius 2 is 2.38 bits per heavy atom. The second kappa shape index (κ2) is 6.07. The number of carbonyl (C=O) groups excluding carboxylic acids is 1. The first-order valence-electron chi connectivity index (χ1n) is 5.27. The molecule has 0 saturated heterocycles. The van der Waals surface area contributed by atoms with Crippen molar-refractivity contribution in [3.05, 3.63) is 24.0 Å². The van der Waals surface area contributed by atoms with E-state index in [1.54, 1.807) is 12.3 Å². The van der Waals surface area contributed by atoms with Crippen LogP contribution < -0.4 is 11.1 Å². The lowest BCUT2D eigenvalue weighted by molar-refractivity contribution is -0.121. The summed E-state index contributed by atoms with van der Waals surface area (Å²) in [6.07, 6.45) is 1.67. The van der Waals surface area contributed by atoms with Gasteiger partial charge in [-0.2, -0.15) is 0 Å². The lowest BCUT2D eigenvalue weighted by atomic mass is 10.3. The number of aromatic nitrogens is 1. The van der Waals surface area contributed by atoms with Crippen LogP contribution in [0.1, 0.15) is 12.6 Å². The number of pyridine rings is 1. The normalized spacial score (nSPS) is 10.4. The Hall–Kier alpha value is -1.62. The summed E-state index contributed by atoms with van der Waals surface area (Å²) in [6.45, 7) is 3.53. The second-order valence-corrected chi connectivity index (χ2v) is 3.71. The summed E-state index contributed by atoms with van der Waals surface area (Å²) in [5.74, 6) is 0.0221. The monoisotopic (exact) mass is 222 g/mol. The van der Waals surface area contributed by atoms with Gasteiger partial charge in [0.1, 0.15) is 0 Å². The standard InChI is InChI=1S/C11H18N4O/c1-3-13-11(16)8-15(2)7-10-6-9(12)4-5-14-10/h4-6H,3,7-8H2,1-2H3,(H2,12,14)(H,13,16). The summed E-state index contributed by atoms with van der Waals surface area (Å²) in [7, 11) is 1.88. The van der Waals surface area contributed by atoms with Crippen molar-refractivity contribution >= 4 is 11.6 Å². The van der Waals surface area contributed by atoms with Crippen molar-refractivity contribution < 1.29 is 4.79 Å². The van der Waals surface area contributed by atoms with Crippen LogP contribution in [0, 0.1) is 0 Å². The van der Waals surface area contributed by atoms with Crippen molar-refractivity contribution in [3.63, 3.8) is 0 Å². The van der Waals surface area contributed by atoms with E-state index in [4.69, 9.17) is 5.73 Å². The van der Waals surface area contributed by atoms with Gasteiger partial charge < -0.3 is 11.1 Å². The minimum absolute atomic E-state index is 0.0221. The second-order valence-electron chi connectivity index (χ2n) is 3.71. The van der Waals surface area contributed by atoms with Crippen LogP contribution in [0.4, 0.5) is 5.69 Å². The number of anilines is 1. The van der Waals surface area contributed by atoms with Crippen LogP contribution in [-0.2, 0) is 11.3 Å². The molecule has 0 unspecified atom stereocenters. The molecule has 0 bridgehead atoms. The molecule has 88 valence electrons. The van der Waals surface area contributed by atoms with Gasteiger partial charge in [0.05, 0.1) is 12.2 Å². The fourth-order valence-corrected chi connectivity index (χ4v) is 1.41. The third kappa shape index (κ3) is 4.27. The molecule has 0 aliphatic heterocycles. The van der Waals surface area contributed by atoms with Gasteiger partial charge in [-0.15, -0.1) is 0 Å². The highest BCUT2D eigenvalue weighted by molar-refractivity contribution is 5.77. The predicted molar refractivity (Wildman–Crippen MR) is 63.7 cm³/mol. The van der Waals surface area contributed by atoms with Gasteiger partial charge >= 0.3 is 0 Å². The number of nitrogens with zero attached hydrogens (tertiary/aromatic N) is 2. The van der Waals surface area contributed by atoms with Crippen LogP contribution in [-0.4, -0.2) is 35.9 Å². The lowest BCUT2D eigenvalue weighted by Crippen LogP contribution is -2.34. The summed E-state index contributed by atoms with van der Waals surface area (Å²) in [6, 6.07) is 3.56. The average molecular weight is 222 g/mol. The summed E-state index contributed by atoms with van der Waals surface area (Å²) >= 11 is 0. The molecule has 0 aliphatic carbocycles. The molecule has 3 N–H and O–H groups in total. The van der Waals surface area contributed by atoms with Crippen LogP contribution >= 0.6 is 0 Å². The molecular weight excluding hydrogens is 204 g/mol. The fourth-order valence-electron chi connectivity index (χ4n) is 1.41. The van der Waals surface area contributed by atoms with Crippen LogP contribution in [0.15, 0.2) is 18.3 Å². The smallest absolute Gasteiger partial charge is 0.234 e. The van der Waals surface area contributed by atoms with Crippen LogP contribution in [0.25, 0.3) is 0 Å². The Balaban J connectivity index is 2.45. The zero-order valence-corrected chi connectivity index (χ0v) is 9.73. The zero-order chi connectivity index (χ0) is 12.0. The number of rotatable bonds is 5. The number of likely N-dealkylation sites (N-methyl/N-ethyl adjacent to an activating group) is 2. The first kappa shape index (κ1) is 12.4. The highest BCUT2D eigenvalue weighted by Gasteiger charge is 2.06. The summed E-state index contributed by atoms with van der Waals surface area (Å²) in [4.78, 5) is 17.4. The Labute approximate surface area is 95.7 Å². The van der Waals surface area contributed by atoms with Gasteiger partial charge in [0.25, 0.3) is 0 Å². The van der Waals surface area contributed by atoms with Crippen molar-refractivity contribution in [2.24, 2.45) is 0 Å². The average Bonchev–Trinajstić information content (AvgIpc) is 2.17. The molecule has 5 nitrogen and oxygen atoms in total. The molecule has 1 aromatic heterocycles. The van der Waals surface area contributed by atoms with Gasteiger partial charge in [-0.1, -0.05) is 0 Å². The number of amides is 1. The predicted octanol–water partition coefficient (Wildman–Crippen LogP) is 0.232. The first-order valence-corrected chi connectivity index (χ1v) is 5.27. The Morgan fingerprint density at radius 3 is 3.00 bits per heavy atom. The Kier molecular flexibility index (Phi) is 4.72. The van der Waals surface area contributed by atoms with E-state index in [2.05, 4.69) is 10.3 Å². The third-order valence-corrected chi connectivity index (χ3v) is 2.06. The minimum atomic E-state index is 0.0221. The molecule has 1 amide bonds. The molecule has 1 aromatic rings. The zero-order valence-electron chi connectivity index (χ0n) is 9.73. The van der Waals surface area contributed by atoms with Crippen LogP contribution in [0.3, 0.4) is 0 Å². The maximum Gasteiger partial charge on any atom is 0.234 e. The molecule has 1 rings (SSSR count). The Bertz CT molecular complexity index is 354. The fraction of sp³-hybridized carbons (Fsp3) is 0.455. The van der Waals surface area contributed by atoms with Crippen LogP contribution in [0.5, 0.6) is 0 Å². The molecular formula is C11H18N4O. The van der Waals surface area contributed by atoms with Gasteiger partial charge in [-0.05, 0) is 26.1 Å². The number of hydrogen-bond donors (Lipinski definition) is 2. The van der Waals surface area contributed by atoms with E-state index < -0.39 is 0 Å². The van der Waals surface area contributed by atoms with Crippen LogP contribution in [0.2, 0.25) is 0 Å². The maximum atomic E-state index is 11.3. The number of hydrogen-bond acceptors (Lipinski definition) is 4. The van der Waals surface area contributed by atoms with E-state index in [-0.39, 0.29) is 5.91 Å². The largest absolute Gasteiger partial charge is 0.399 e. The van der Waals surface area contributed by atoms with E-state index in [1.807, 2.05) is 24.9 Å². The molecule has 0 spiro atoms. The first-order chi connectivity index (χ1) is 7.61. The molecule has 0 fully saturated rings. The maximum absolute atomic E-state index is 11.3. The highest BCUT2D eigenvalue weighted by Crippen LogP contribution is 2.04. The van der Waals surface area contributed by atoms with Gasteiger partial charge in [0.15, 0.2) is 0 Å². The third-order valence-electron chi connectivity index (χ3n) is 2.06. The van der Waals surface area contributed by atoms with Gasteiger partial charge in [-0.25, -0.2) is 0 Å². The molecule has 5 heteroatoms.